The summed E-state index contributed by atoms with van der Waals surface area (Å²) in [6, 6.07) is 18.0. The van der Waals surface area contributed by atoms with Crippen molar-refractivity contribution in [2.45, 2.75) is 38.0 Å². The third kappa shape index (κ3) is 3.76. The highest BCUT2D eigenvalue weighted by atomic mass is 79.9. The normalized spacial score (nSPS) is 25.0. The first-order valence-corrected chi connectivity index (χ1v) is 10.9. The third-order valence-electron chi connectivity index (χ3n) is 5.71. The average molecular weight is 483 g/mol. The molecular weight excluding hydrogens is 460 g/mol. The zero-order valence-electron chi connectivity index (χ0n) is 16.9. The molecule has 5 rings (SSSR count). The number of rotatable bonds is 4. The van der Waals surface area contributed by atoms with Crippen LogP contribution in [-0.2, 0) is 11.3 Å². The molecule has 3 heterocycles. The summed E-state index contributed by atoms with van der Waals surface area (Å²) in [6.07, 6.45) is 0.576. The summed E-state index contributed by atoms with van der Waals surface area (Å²) in [5.41, 5.74) is 7.40. The number of hydrogen-bond donors (Lipinski definition) is 3. The predicted molar refractivity (Wildman–Crippen MR) is 123 cm³/mol. The topological polar surface area (TPSA) is 82.2 Å². The second-order valence-corrected chi connectivity index (χ2v) is 8.74. The summed E-state index contributed by atoms with van der Waals surface area (Å²) in [6.45, 7) is 2.34. The smallest absolute Gasteiger partial charge is 0.164 e. The maximum atomic E-state index is 10.6. The summed E-state index contributed by atoms with van der Waals surface area (Å²) < 4.78 is 8.73. The molecule has 8 heteroatoms. The number of halogens is 1. The monoisotopic (exact) mass is 482 g/mol. The minimum absolute atomic E-state index is 0.457. The van der Waals surface area contributed by atoms with Gasteiger partial charge in [-0.05, 0) is 36.8 Å². The molecule has 3 N–H and O–H groups in total. The van der Waals surface area contributed by atoms with Crippen molar-refractivity contribution >= 4 is 33.8 Å². The summed E-state index contributed by atoms with van der Waals surface area (Å²) in [5.74, 6) is 0.720. The maximum absolute atomic E-state index is 10.6. The lowest BCUT2D eigenvalue weighted by Crippen LogP contribution is -2.31. The molecule has 0 saturated carbocycles. The number of nitrogens with zero attached hydrogens (tertiary/aromatic N) is 3. The van der Waals surface area contributed by atoms with E-state index in [1.807, 2.05) is 70.4 Å². The predicted octanol–water partition coefficient (Wildman–Crippen LogP) is 4.06. The number of hydrazine groups is 1. The van der Waals surface area contributed by atoms with Crippen LogP contribution in [0.25, 0.3) is 11.1 Å². The largest absolute Gasteiger partial charge is 0.388 e. The van der Waals surface area contributed by atoms with Crippen LogP contribution in [0.2, 0.25) is 0 Å². The van der Waals surface area contributed by atoms with Crippen molar-refractivity contribution in [1.29, 1.82) is 0 Å². The van der Waals surface area contributed by atoms with Crippen molar-refractivity contribution in [1.82, 2.24) is 9.58 Å². The molecule has 0 bridgehead atoms. The van der Waals surface area contributed by atoms with Crippen molar-refractivity contribution in [3.8, 4) is 11.1 Å². The van der Waals surface area contributed by atoms with Gasteiger partial charge in [0.2, 0.25) is 0 Å². The maximum Gasteiger partial charge on any atom is 0.164 e. The van der Waals surface area contributed by atoms with Gasteiger partial charge in [0.25, 0.3) is 0 Å². The summed E-state index contributed by atoms with van der Waals surface area (Å²) >= 11 is 3.46. The molecule has 0 amide bonds. The van der Waals surface area contributed by atoms with Crippen LogP contribution in [0.3, 0.4) is 0 Å². The molecule has 1 saturated heterocycles. The fraction of sp³-hybridized carbons (Fsp3) is 0.261. The number of anilines is 1. The fourth-order valence-electron chi connectivity index (χ4n) is 4.07. The molecule has 160 valence electrons. The Morgan fingerprint density at radius 3 is 2.48 bits per heavy atom. The fourth-order valence-corrected chi connectivity index (χ4v) is 4.33. The van der Waals surface area contributed by atoms with Crippen molar-refractivity contribution in [2.24, 2.45) is 4.99 Å². The number of benzene rings is 2. The van der Waals surface area contributed by atoms with Gasteiger partial charge in [-0.15, -0.1) is 0 Å². The highest BCUT2D eigenvalue weighted by molar-refractivity contribution is 9.10. The minimum atomic E-state index is -1.02. The first-order chi connectivity index (χ1) is 15.0. The molecule has 0 unspecified atom stereocenters. The Kier molecular flexibility index (Phi) is 5.31. The second kappa shape index (κ2) is 8.12. The molecule has 2 aliphatic heterocycles. The Labute approximate surface area is 188 Å². The molecule has 4 atom stereocenters. The number of aliphatic hydroxyl groups excluding tert-OH is 2. The molecule has 0 spiro atoms. The standard InChI is InChI=1S/C23H23BrN4O3/c1-14-20(29)21(30)23(31-14)28-12-18(15-5-3-2-4-6-15)19-11-27(13-25-22(19)28)26-17-9-7-16(24)8-10-17/h2-10,12-14,20-21,23,26,29-30H,11H2,1H3/t14-,20-,21-,23-/m1/s1. The van der Waals surface area contributed by atoms with Crippen LogP contribution in [0.4, 0.5) is 11.5 Å². The minimum Gasteiger partial charge on any atom is -0.388 e. The van der Waals surface area contributed by atoms with Crippen molar-refractivity contribution in [3.05, 3.63) is 70.8 Å². The van der Waals surface area contributed by atoms with Crippen LogP contribution >= 0.6 is 15.9 Å². The summed E-state index contributed by atoms with van der Waals surface area (Å²) in [5, 5.41) is 22.7. The van der Waals surface area contributed by atoms with Crippen molar-refractivity contribution in [3.63, 3.8) is 0 Å². The first-order valence-electron chi connectivity index (χ1n) is 10.1. The molecule has 2 aromatic carbocycles. The van der Waals surface area contributed by atoms with E-state index in [2.05, 4.69) is 26.3 Å². The molecule has 7 nitrogen and oxygen atoms in total. The number of aliphatic hydroxyl groups is 2. The quantitative estimate of drug-likeness (QED) is 0.522. The van der Waals surface area contributed by atoms with Crippen LogP contribution < -0.4 is 5.43 Å². The Hall–Kier alpha value is -2.65. The Balaban J connectivity index is 1.52. The van der Waals surface area contributed by atoms with Gasteiger partial charge in [-0.3, -0.25) is 10.4 Å². The molecule has 1 aromatic heterocycles. The van der Waals surface area contributed by atoms with E-state index in [0.717, 1.165) is 32.7 Å². The Morgan fingerprint density at radius 2 is 1.81 bits per heavy atom. The van der Waals surface area contributed by atoms with Gasteiger partial charge >= 0.3 is 0 Å². The summed E-state index contributed by atoms with van der Waals surface area (Å²) in [7, 11) is 0. The van der Waals surface area contributed by atoms with Gasteiger partial charge in [0.05, 0.1) is 18.3 Å². The van der Waals surface area contributed by atoms with Crippen molar-refractivity contribution in [2.75, 3.05) is 5.43 Å². The van der Waals surface area contributed by atoms with Crippen LogP contribution in [0.5, 0.6) is 0 Å². The van der Waals surface area contributed by atoms with E-state index in [4.69, 9.17) is 4.74 Å². The number of fused-ring (bicyclic) bond motifs is 1. The van der Waals surface area contributed by atoms with Gasteiger partial charge in [-0.25, -0.2) is 4.99 Å². The zero-order valence-corrected chi connectivity index (χ0v) is 18.5. The van der Waals surface area contributed by atoms with Gasteiger partial charge in [-0.2, -0.15) is 0 Å². The third-order valence-corrected chi connectivity index (χ3v) is 6.24. The van der Waals surface area contributed by atoms with E-state index in [1.54, 1.807) is 13.3 Å². The number of nitrogens with one attached hydrogen (secondary N) is 1. The molecular formula is C23H23BrN4O3. The zero-order chi connectivity index (χ0) is 21.5. The van der Waals surface area contributed by atoms with Gasteiger partial charge in [0.1, 0.15) is 24.4 Å². The molecule has 1 fully saturated rings. The van der Waals surface area contributed by atoms with E-state index >= 15 is 0 Å². The van der Waals surface area contributed by atoms with Gasteiger partial charge in [-0.1, -0.05) is 46.3 Å². The molecule has 0 radical (unpaired) electrons. The van der Waals surface area contributed by atoms with E-state index in [0.29, 0.717) is 6.54 Å². The summed E-state index contributed by atoms with van der Waals surface area (Å²) in [4.78, 5) is 4.68. The Morgan fingerprint density at radius 1 is 1.06 bits per heavy atom. The van der Waals surface area contributed by atoms with Crippen LogP contribution in [0, 0.1) is 0 Å². The van der Waals surface area contributed by atoms with Crippen LogP contribution in [0.1, 0.15) is 18.7 Å². The van der Waals surface area contributed by atoms with Gasteiger partial charge < -0.3 is 19.5 Å². The van der Waals surface area contributed by atoms with E-state index in [1.165, 1.54) is 0 Å². The lowest BCUT2D eigenvalue weighted by Gasteiger charge is -2.26. The van der Waals surface area contributed by atoms with Crippen LogP contribution in [-0.4, -0.2) is 44.4 Å². The molecule has 31 heavy (non-hydrogen) atoms. The highest BCUT2D eigenvalue weighted by Gasteiger charge is 2.42. The number of hydrogen-bond acceptors (Lipinski definition) is 6. The Bertz CT molecular complexity index is 1100. The molecule has 2 aliphatic rings. The second-order valence-electron chi connectivity index (χ2n) is 7.82. The molecule has 3 aromatic rings. The van der Waals surface area contributed by atoms with E-state index in [9.17, 15) is 10.2 Å². The highest BCUT2D eigenvalue weighted by Crippen LogP contribution is 2.41. The number of ether oxygens (including phenoxy) is 1. The SMILES string of the molecule is C[C@H]1O[C@@H](n2cc(-c3ccccc3)c3c2N=CN(Nc2ccc(Br)cc2)C3)[C@H](O)[C@@H]1O. The van der Waals surface area contributed by atoms with Crippen LogP contribution in [0.15, 0.2) is 70.3 Å². The first kappa shape index (κ1) is 20.3. The van der Waals surface area contributed by atoms with E-state index in [-0.39, 0.29) is 0 Å². The average Bonchev–Trinajstić information content (AvgIpc) is 3.28. The lowest BCUT2D eigenvalue weighted by atomic mass is 10.0. The van der Waals surface area contributed by atoms with E-state index < -0.39 is 24.5 Å². The van der Waals surface area contributed by atoms with Gasteiger partial charge in [0, 0.05) is 21.8 Å². The van der Waals surface area contributed by atoms with Crippen molar-refractivity contribution < 1.29 is 14.9 Å². The molecule has 0 aliphatic carbocycles. The lowest BCUT2D eigenvalue weighted by molar-refractivity contribution is -0.0308. The number of aliphatic imine (C=N–C) groups is 1. The van der Waals surface area contributed by atoms with Gasteiger partial charge in [0.15, 0.2) is 6.23 Å². The number of aromatic nitrogens is 1.